The molecule has 1 saturated carbocycles. The van der Waals surface area contributed by atoms with E-state index in [4.69, 9.17) is 9.47 Å². The maximum Gasteiger partial charge on any atom is 0.280 e. The summed E-state index contributed by atoms with van der Waals surface area (Å²) in [5.74, 6) is 0.437. The van der Waals surface area contributed by atoms with E-state index in [1.54, 1.807) is 7.11 Å². The van der Waals surface area contributed by atoms with Gasteiger partial charge in [0.25, 0.3) is 5.91 Å². The molecule has 1 saturated heterocycles. The molecule has 8 heteroatoms. The number of aliphatic hydroxyl groups excluding tert-OH is 1. The molecule has 1 aliphatic carbocycles. The fourth-order valence-corrected chi connectivity index (χ4v) is 4.82. The summed E-state index contributed by atoms with van der Waals surface area (Å²) in [5, 5.41) is 13.5. The SMILES string of the molecule is COc1ccc(N2CCOCC2)c2sc(C(=O)N[C@H]3CCCC[C@@H]3O)nc12. The molecule has 2 fully saturated rings. The minimum Gasteiger partial charge on any atom is -0.494 e. The summed E-state index contributed by atoms with van der Waals surface area (Å²) in [6.07, 6.45) is 3.10. The van der Waals surface area contributed by atoms with Crippen molar-refractivity contribution in [2.45, 2.75) is 37.8 Å². The standard InChI is InChI=1S/C19H25N3O4S/c1-25-15-7-6-13(22-8-10-26-11-9-22)17-16(15)21-19(27-17)18(24)20-12-4-2-3-5-14(12)23/h6-7,12,14,23H,2-5,8-11H2,1H3,(H,20,24)/t12-,14-/m0/s1. The lowest BCUT2D eigenvalue weighted by Crippen LogP contribution is -2.45. The Bertz CT molecular complexity index is 819. The van der Waals surface area contributed by atoms with E-state index in [1.807, 2.05) is 12.1 Å². The topological polar surface area (TPSA) is 83.9 Å². The monoisotopic (exact) mass is 391 g/mol. The second-order valence-corrected chi connectivity index (χ2v) is 8.01. The van der Waals surface area contributed by atoms with Crippen molar-refractivity contribution in [2.24, 2.45) is 0 Å². The predicted octanol–water partition coefficient (Wildman–Crippen LogP) is 2.17. The highest BCUT2D eigenvalue weighted by Crippen LogP contribution is 2.38. The van der Waals surface area contributed by atoms with E-state index in [-0.39, 0.29) is 11.9 Å². The third-order valence-electron chi connectivity index (χ3n) is 5.30. The Morgan fingerprint density at radius 3 is 2.85 bits per heavy atom. The van der Waals surface area contributed by atoms with E-state index >= 15 is 0 Å². The van der Waals surface area contributed by atoms with E-state index < -0.39 is 6.10 Å². The number of thiazole rings is 1. The molecular weight excluding hydrogens is 366 g/mol. The zero-order valence-electron chi connectivity index (χ0n) is 15.4. The molecule has 2 aromatic rings. The fourth-order valence-electron chi connectivity index (χ4n) is 3.79. The molecule has 27 heavy (non-hydrogen) atoms. The second kappa shape index (κ2) is 8.00. The van der Waals surface area contributed by atoms with Crippen LogP contribution in [0.15, 0.2) is 12.1 Å². The van der Waals surface area contributed by atoms with Crippen LogP contribution in [0.4, 0.5) is 5.69 Å². The van der Waals surface area contributed by atoms with Crippen molar-refractivity contribution in [3.05, 3.63) is 17.1 Å². The summed E-state index contributed by atoms with van der Waals surface area (Å²) in [4.78, 5) is 19.6. The Balaban J connectivity index is 1.64. The number of ether oxygens (including phenoxy) is 2. The average molecular weight is 391 g/mol. The Morgan fingerprint density at radius 1 is 1.33 bits per heavy atom. The van der Waals surface area contributed by atoms with Crippen molar-refractivity contribution in [1.29, 1.82) is 0 Å². The van der Waals surface area contributed by atoms with Crippen molar-refractivity contribution >= 4 is 33.1 Å². The lowest BCUT2D eigenvalue weighted by Gasteiger charge is -2.29. The fraction of sp³-hybridized carbons (Fsp3) is 0.579. The summed E-state index contributed by atoms with van der Waals surface area (Å²) in [6.45, 7) is 3.02. The summed E-state index contributed by atoms with van der Waals surface area (Å²) in [7, 11) is 1.61. The summed E-state index contributed by atoms with van der Waals surface area (Å²) >= 11 is 1.38. The molecule has 0 radical (unpaired) electrons. The number of methoxy groups -OCH3 is 1. The van der Waals surface area contributed by atoms with Crippen molar-refractivity contribution < 1.29 is 19.4 Å². The molecule has 1 aliphatic heterocycles. The normalized spacial score (nSPS) is 23.4. The molecule has 2 N–H and O–H groups in total. The van der Waals surface area contributed by atoms with Crippen LogP contribution in [0.3, 0.4) is 0 Å². The number of amides is 1. The number of rotatable bonds is 4. The molecule has 4 rings (SSSR count). The number of morpholine rings is 1. The van der Waals surface area contributed by atoms with Crippen LogP contribution in [-0.4, -0.2) is 61.6 Å². The smallest absolute Gasteiger partial charge is 0.280 e. The van der Waals surface area contributed by atoms with E-state index in [2.05, 4.69) is 15.2 Å². The zero-order valence-corrected chi connectivity index (χ0v) is 16.3. The maximum atomic E-state index is 12.8. The van der Waals surface area contributed by atoms with Gasteiger partial charge in [-0.05, 0) is 25.0 Å². The number of nitrogens with zero attached hydrogens (tertiary/aromatic N) is 2. The predicted molar refractivity (Wildman–Crippen MR) is 105 cm³/mol. The van der Waals surface area contributed by atoms with Crippen molar-refractivity contribution in [3.63, 3.8) is 0 Å². The van der Waals surface area contributed by atoms with Crippen LogP contribution in [0.5, 0.6) is 5.75 Å². The zero-order chi connectivity index (χ0) is 18.8. The van der Waals surface area contributed by atoms with Crippen LogP contribution in [-0.2, 0) is 4.74 Å². The molecule has 0 bridgehead atoms. The van der Waals surface area contributed by atoms with Crippen LogP contribution in [0.2, 0.25) is 0 Å². The molecule has 1 amide bonds. The Kier molecular flexibility index (Phi) is 5.47. The molecule has 1 aromatic carbocycles. The number of aromatic nitrogens is 1. The molecule has 0 unspecified atom stereocenters. The third-order valence-corrected chi connectivity index (χ3v) is 6.37. The van der Waals surface area contributed by atoms with Crippen LogP contribution in [0, 0.1) is 0 Å². The van der Waals surface area contributed by atoms with Crippen molar-refractivity contribution in [2.75, 3.05) is 38.3 Å². The molecule has 2 aliphatic rings. The van der Waals surface area contributed by atoms with Crippen molar-refractivity contribution in [1.82, 2.24) is 10.3 Å². The summed E-state index contributed by atoms with van der Waals surface area (Å²) in [5.41, 5.74) is 1.77. The average Bonchev–Trinajstić information content (AvgIpc) is 3.15. The summed E-state index contributed by atoms with van der Waals surface area (Å²) < 4.78 is 11.9. The first-order valence-electron chi connectivity index (χ1n) is 9.46. The number of hydrogen-bond donors (Lipinski definition) is 2. The van der Waals surface area contributed by atoms with E-state index in [1.165, 1.54) is 11.3 Å². The van der Waals surface area contributed by atoms with Gasteiger partial charge >= 0.3 is 0 Å². The number of carbonyl (C=O) groups excluding carboxylic acids is 1. The number of carbonyl (C=O) groups is 1. The van der Waals surface area contributed by atoms with Crippen LogP contribution in [0.25, 0.3) is 10.2 Å². The molecule has 2 atom stereocenters. The lowest BCUT2D eigenvalue weighted by molar-refractivity contribution is 0.0717. The quantitative estimate of drug-likeness (QED) is 0.831. The minimum atomic E-state index is -0.476. The van der Waals surface area contributed by atoms with Gasteiger partial charge in [-0.2, -0.15) is 0 Å². The van der Waals surface area contributed by atoms with Gasteiger partial charge in [-0.25, -0.2) is 4.98 Å². The van der Waals surface area contributed by atoms with Crippen LogP contribution >= 0.6 is 11.3 Å². The van der Waals surface area contributed by atoms with Crippen LogP contribution < -0.4 is 15.0 Å². The Morgan fingerprint density at radius 2 is 2.11 bits per heavy atom. The molecule has 0 spiro atoms. The largest absolute Gasteiger partial charge is 0.494 e. The Hall–Kier alpha value is -1.90. The molecule has 2 heterocycles. The number of aliphatic hydroxyl groups is 1. The van der Waals surface area contributed by atoms with E-state index in [0.29, 0.717) is 29.5 Å². The minimum absolute atomic E-state index is 0.195. The van der Waals surface area contributed by atoms with Crippen LogP contribution in [0.1, 0.15) is 35.5 Å². The van der Waals surface area contributed by atoms with Gasteiger partial charge in [-0.3, -0.25) is 4.79 Å². The second-order valence-electron chi connectivity index (χ2n) is 7.01. The number of fused-ring (bicyclic) bond motifs is 1. The summed E-state index contributed by atoms with van der Waals surface area (Å²) in [6, 6.07) is 3.73. The van der Waals surface area contributed by atoms with E-state index in [0.717, 1.165) is 49.2 Å². The molecule has 146 valence electrons. The van der Waals surface area contributed by atoms with Gasteiger partial charge in [0.2, 0.25) is 0 Å². The van der Waals surface area contributed by atoms with Gasteiger partial charge in [0.05, 0.1) is 42.9 Å². The van der Waals surface area contributed by atoms with E-state index in [9.17, 15) is 9.90 Å². The van der Waals surface area contributed by atoms with Crippen molar-refractivity contribution in [3.8, 4) is 5.75 Å². The molecule has 1 aromatic heterocycles. The number of benzene rings is 1. The first kappa shape index (κ1) is 18.5. The molecular formula is C19H25N3O4S. The highest BCUT2D eigenvalue weighted by atomic mass is 32.1. The maximum absolute atomic E-state index is 12.8. The van der Waals surface area contributed by atoms with Gasteiger partial charge < -0.3 is 24.8 Å². The van der Waals surface area contributed by atoms with Gasteiger partial charge in [0.1, 0.15) is 11.3 Å². The number of anilines is 1. The lowest BCUT2D eigenvalue weighted by atomic mass is 9.92. The first-order valence-corrected chi connectivity index (χ1v) is 10.3. The highest BCUT2D eigenvalue weighted by molar-refractivity contribution is 7.21. The van der Waals surface area contributed by atoms with Gasteiger partial charge in [-0.15, -0.1) is 11.3 Å². The number of hydrogen-bond acceptors (Lipinski definition) is 7. The first-order chi connectivity index (χ1) is 13.2. The third kappa shape index (κ3) is 3.74. The van der Waals surface area contributed by atoms with Gasteiger partial charge in [0.15, 0.2) is 5.01 Å². The molecule has 7 nitrogen and oxygen atoms in total. The number of nitrogens with one attached hydrogen (secondary N) is 1. The Labute approximate surface area is 162 Å². The van der Waals surface area contributed by atoms with Gasteiger partial charge in [-0.1, -0.05) is 12.8 Å². The van der Waals surface area contributed by atoms with Gasteiger partial charge in [0, 0.05) is 13.1 Å². The highest BCUT2D eigenvalue weighted by Gasteiger charge is 2.27.